The number of hydrogen-bond acceptors (Lipinski definition) is 2. The first-order chi connectivity index (χ1) is 11.4. The van der Waals surface area contributed by atoms with E-state index in [1.54, 1.807) is 0 Å². The van der Waals surface area contributed by atoms with Gasteiger partial charge in [-0.25, -0.2) is 0 Å². The van der Waals surface area contributed by atoms with Gasteiger partial charge in [0.25, 0.3) is 0 Å². The number of aliphatic hydroxyl groups is 2. The van der Waals surface area contributed by atoms with Crippen LogP contribution < -0.4 is 0 Å². The third-order valence-corrected chi connectivity index (χ3v) is 9.35. The Balaban J connectivity index is 1.66. The number of rotatable bonds is 2. The van der Waals surface area contributed by atoms with Gasteiger partial charge in [0.05, 0.1) is 12.2 Å². The van der Waals surface area contributed by atoms with Crippen molar-refractivity contribution in [1.82, 2.24) is 0 Å². The van der Waals surface area contributed by atoms with Crippen LogP contribution in [0.15, 0.2) is 12.7 Å². The van der Waals surface area contributed by atoms with Gasteiger partial charge in [0.15, 0.2) is 0 Å². The molecule has 0 aromatic heterocycles. The van der Waals surface area contributed by atoms with Crippen molar-refractivity contribution in [1.29, 1.82) is 0 Å². The molecule has 0 aromatic carbocycles. The van der Waals surface area contributed by atoms with Gasteiger partial charge in [0.1, 0.15) is 0 Å². The zero-order valence-electron chi connectivity index (χ0n) is 15.6. The topological polar surface area (TPSA) is 40.5 Å². The summed E-state index contributed by atoms with van der Waals surface area (Å²) in [4.78, 5) is 0. The average molecular weight is 333 g/mol. The Morgan fingerprint density at radius 1 is 1.04 bits per heavy atom. The van der Waals surface area contributed by atoms with E-state index in [1.165, 1.54) is 44.9 Å². The van der Waals surface area contributed by atoms with E-state index in [4.69, 9.17) is 0 Å². The van der Waals surface area contributed by atoms with E-state index in [0.717, 1.165) is 30.6 Å². The molecule has 4 aliphatic rings. The lowest BCUT2D eigenvalue weighted by molar-refractivity contribution is -0.151. The third kappa shape index (κ3) is 2.14. The summed E-state index contributed by atoms with van der Waals surface area (Å²) < 4.78 is 0. The maximum Gasteiger partial charge on any atom is 0.0576 e. The molecule has 0 amide bonds. The second-order valence-electron chi connectivity index (χ2n) is 9.83. The molecule has 4 aliphatic carbocycles. The number of fused-ring (bicyclic) bond motifs is 5. The highest BCUT2D eigenvalue weighted by atomic mass is 16.3. The normalized spacial score (nSPS) is 55.2. The van der Waals surface area contributed by atoms with Crippen molar-refractivity contribution in [3.63, 3.8) is 0 Å². The van der Waals surface area contributed by atoms with Gasteiger partial charge in [-0.15, -0.1) is 6.58 Å². The molecule has 4 fully saturated rings. The summed E-state index contributed by atoms with van der Waals surface area (Å²) in [5.74, 6) is 3.50. The zero-order chi connectivity index (χ0) is 17.1. The monoisotopic (exact) mass is 332 g/mol. The molecule has 4 rings (SSSR count). The molecule has 24 heavy (non-hydrogen) atoms. The summed E-state index contributed by atoms with van der Waals surface area (Å²) in [5.41, 5.74) is 0.527. The Morgan fingerprint density at radius 2 is 1.83 bits per heavy atom. The smallest absolute Gasteiger partial charge is 0.0576 e. The molecule has 2 nitrogen and oxygen atoms in total. The van der Waals surface area contributed by atoms with Crippen molar-refractivity contribution in [3.8, 4) is 0 Å². The van der Waals surface area contributed by atoms with Crippen LogP contribution in [0.2, 0.25) is 0 Å². The van der Waals surface area contributed by atoms with Crippen molar-refractivity contribution in [2.75, 3.05) is 0 Å². The van der Waals surface area contributed by atoms with E-state index >= 15 is 0 Å². The Morgan fingerprint density at radius 3 is 2.54 bits per heavy atom. The van der Waals surface area contributed by atoms with Crippen molar-refractivity contribution in [2.24, 2.45) is 40.4 Å². The molecule has 2 N–H and O–H groups in total. The molecular formula is C22H36O2. The van der Waals surface area contributed by atoms with Gasteiger partial charge in [0, 0.05) is 5.41 Å². The van der Waals surface area contributed by atoms with Crippen LogP contribution in [0.25, 0.3) is 0 Å². The van der Waals surface area contributed by atoms with Gasteiger partial charge in [-0.2, -0.15) is 0 Å². The maximum atomic E-state index is 10.8. The minimum absolute atomic E-state index is 0.0589. The van der Waals surface area contributed by atoms with Gasteiger partial charge < -0.3 is 10.2 Å². The van der Waals surface area contributed by atoms with Crippen LogP contribution in [0.3, 0.4) is 0 Å². The molecular weight excluding hydrogens is 296 g/mol. The Hall–Kier alpha value is -0.340. The van der Waals surface area contributed by atoms with E-state index < -0.39 is 0 Å². The van der Waals surface area contributed by atoms with Crippen molar-refractivity contribution in [3.05, 3.63) is 12.7 Å². The lowest BCUT2D eigenvalue weighted by atomic mass is 9.44. The highest BCUT2D eigenvalue weighted by Gasteiger charge is 2.62. The fourth-order valence-electron chi connectivity index (χ4n) is 8.17. The summed E-state index contributed by atoms with van der Waals surface area (Å²) in [5, 5.41) is 20.9. The Kier molecular flexibility index (Phi) is 4.16. The van der Waals surface area contributed by atoms with Crippen LogP contribution in [0.4, 0.5) is 0 Å². The lowest BCUT2D eigenvalue weighted by Crippen LogP contribution is -2.56. The first-order valence-electron chi connectivity index (χ1n) is 10.4. The zero-order valence-corrected chi connectivity index (χ0v) is 15.6. The van der Waals surface area contributed by atoms with Crippen LogP contribution in [-0.2, 0) is 0 Å². The molecule has 0 saturated heterocycles. The molecule has 2 unspecified atom stereocenters. The summed E-state index contributed by atoms with van der Waals surface area (Å²) in [6, 6.07) is 0. The molecule has 0 aromatic rings. The second-order valence-corrected chi connectivity index (χ2v) is 9.83. The SMILES string of the molecule is C=CC1CC[C@H]2[C@@H]3CC[C@H]4C[C@H](O)CC[C@]4(C)[C@H]3CCC12[C@H](C)O. The van der Waals surface area contributed by atoms with E-state index in [-0.39, 0.29) is 17.6 Å². The van der Waals surface area contributed by atoms with E-state index in [2.05, 4.69) is 19.6 Å². The summed E-state index contributed by atoms with van der Waals surface area (Å²) in [6.45, 7) is 8.69. The Labute approximate surface area is 147 Å². The van der Waals surface area contributed by atoms with Crippen LogP contribution in [-0.4, -0.2) is 22.4 Å². The average Bonchev–Trinajstić information content (AvgIpc) is 2.95. The van der Waals surface area contributed by atoms with Gasteiger partial charge in [-0.3, -0.25) is 0 Å². The first-order valence-corrected chi connectivity index (χ1v) is 10.4. The van der Waals surface area contributed by atoms with Gasteiger partial charge in [0.2, 0.25) is 0 Å². The summed E-state index contributed by atoms with van der Waals surface area (Å²) >= 11 is 0. The standard InChI is InChI=1S/C22H36O2/c1-4-15-6-8-20-18-7-5-16-13-17(24)9-11-21(16,3)19(18)10-12-22(15,20)14(2)23/h4,14-20,23-24H,1,5-13H2,2-3H3/t14-,15?,16-,17+,18+,19-,20-,21-,22?/m0/s1. The van der Waals surface area contributed by atoms with Gasteiger partial charge in [-0.05, 0) is 99.7 Å². The molecule has 0 bridgehead atoms. The summed E-state index contributed by atoms with van der Waals surface area (Å²) in [7, 11) is 0. The molecule has 2 heteroatoms. The van der Waals surface area contributed by atoms with Crippen molar-refractivity contribution in [2.45, 2.75) is 83.8 Å². The fraction of sp³-hybridized carbons (Fsp3) is 0.909. The van der Waals surface area contributed by atoms with Crippen LogP contribution in [0, 0.1) is 40.4 Å². The largest absolute Gasteiger partial charge is 0.393 e. The Bertz CT molecular complexity index is 500. The van der Waals surface area contributed by atoms with E-state index in [0.29, 0.717) is 17.3 Å². The highest BCUT2D eigenvalue weighted by Crippen LogP contribution is 2.68. The molecule has 0 spiro atoms. The maximum absolute atomic E-state index is 10.8. The second kappa shape index (κ2) is 5.84. The quantitative estimate of drug-likeness (QED) is 0.728. The highest BCUT2D eigenvalue weighted by molar-refractivity contribution is 5.14. The van der Waals surface area contributed by atoms with Crippen LogP contribution in [0.1, 0.15) is 71.6 Å². The fourth-order valence-corrected chi connectivity index (χ4v) is 8.17. The van der Waals surface area contributed by atoms with E-state index in [1.807, 2.05) is 6.92 Å². The first kappa shape index (κ1) is 17.1. The third-order valence-electron chi connectivity index (χ3n) is 9.35. The molecule has 9 atom stereocenters. The number of hydrogen-bond donors (Lipinski definition) is 2. The molecule has 0 heterocycles. The molecule has 4 saturated carbocycles. The lowest BCUT2D eigenvalue weighted by Gasteiger charge is -2.62. The van der Waals surface area contributed by atoms with E-state index in [9.17, 15) is 10.2 Å². The molecule has 0 radical (unpaired) electrons. The van der Waals surface area contributed by atoms with Crippen LogP contribution in [0.5, 0.6) is 0 Å². The predicted molar refractivity (Wildman–Crippen MR) is 97.4 cm³/mol. The minimum atomic E-state index is -0.215. The number of allylic oxidation sites excluding steroid dienone is 1. The summed E-state index contributed by atoms with van der Waals surface area (Å²) in [6.07, 6.45) is 12.7. The number of aliphatic hydroxyl groups excluding tert-OH is 2. The van der Waals surface area contributed by atoms with Gasteiger partial charge in [-0.1, -0.05) is 13.0 Å². The van der Waals surface area contributed by atoms with Gasteiger partial charge >= 0.3 is 0 Å². The van der Waals surface area contributed by atoms with Crippen LogP contribution >= 0.6 is 0 Å². The van der Waals surface area contributed by atoms with Crippen molar-refractivity contribution >= 4 is 0 Å². The predicted octanol–water partition coefficient (Wildman–Crippen LogP) is 4.55. The molecule has 136 valence electrons. The molecule has 0 aliphatic heterocycles. The van der Waals surface area contributed by atoms with Crippen molar-refractivity contribution < 1.29 is 10.2 Å². The minimum Gasteiger partial charge on any atom is -0.393 e.